The van der Waals surface area contributed by atoms with E-state index in [1.807, 2.05) is 32.2 Å². The van der Waals surface area contributed by atoms with Gasteiger partial charge in [-0.3, -0.25) is 4.79 Å². The third-order valence-electron chi connectivity index (χ3n) is 7.53. The van der Waals surface area contributed by atoms with Gasteiger partial charge in [0.15, 0.2) is 18.1 Å². The lowest BCUT2D eigenvalue weighted by atomic mass is 10.1. The number of amides is 1. The molecule has 1 amide bonds. The molecule has 0 aliphatic carbocycles. The third kappa shape index (κ3) is 7.75. The fourth-order valence-electron chi connectivity index (χ4n) is 5.20. The van der Waals surface area contributed by atoms with E-state index in [1.165, 1.54) is 12.8 Å². The van der Waals surface area contributed by atoms with Crippen LogP contribution >= 0.6 is 0 Å². The summed E-state index contributed by atoms with van der Waals surface area (Å²) in [6.07, 6.45) is 8.84. The average Bonchev–Trinajstić information content (AvgIpc) is 3.04. The maximum absolute atomic E-state index is 12.5. The predicted molar refractivity (Wildman–Crippen MR) is 158 cm³/mol. The van der Waals surface area contributed by atoms with E-state index in [0.717, 1.165) is 69.3 Å². The van der Waals surface area contributed by atoms with Crippen molar-refractivity contribution in [2.24, 2.45) is 5.10 Å². The van der Waals surface area contributed by atoms with Crippen LogP contribution < -0.4 is 24.3 Å². The van der Waals surface area contributed by atoms with E-state index in [9.17, 15) is 4.79 Å². The van der Waals surface area contributed by atoms with E-state index < -0.39 is 0 Å². The number of ether oxygens (including phenoxy) is 3. The molecule has 12 nitrogen and oxygen atoms in total. The molecule has 0 spiro atoms. The second kappa shape index (κ2) is 14.3. The van der Waals surface area contributed by atoms with Crippen molar-refractivity contribution in [3.8, 4) is 11.5 Å². The van der Waals surface area contributed by atoms with E-state index in [4.69, 9.17) is 29.2 Å². The number of hydrazone groups is 1. The Hall–Kier alpha value is -3.67. The van der Waals surface area contributed by atoms with Crippen LogP contribution in [0.15, 0.2) is 23.3 Å². The molecule has 0 unspecified atom stereocenters. The second-order valence-electron chi connectivity index (χ2n) is 10.5. The molecule has 3 aliphatic rings. The van der Waals surface area contributed by atoms with Crippen molar-refractivity contribution in [2.45, 2.75) is 45.4 Å². The molecule has 0 bridgehead atoms. The van der Waals surface area contributed by atoms with Gasteiger partial charge in [-0.2, -0.15) is 20.1 Å². The predicted octanol–water partition coefficient (Wildman–Crippen LogP) is 2.96. The monoisotopic (exact) mass is 566 g/mol. The summed E-state index contributed by atoms with van der Waals surface area (Å²) in [5.41, 5.74) is 0.828. The molecule has 3 fully saturated rings. The molecular formula is C29H42N8O4. The van der Waals surface area contributed by atoms with Crippen molar-refractivity contribution in [1.29, 1.82) is 0 Å². The van der Waals surface area contributed by atoms with Crippen LogP contribution in [0, 0.1) is 0 Å². The number of benzene rings is 1. The number of rotatable bonds is 10. The molecule has 2 aromatic rings. The highest BCUT2D eigenvalue weighted by Gasteiger charge is 2.22. The molecule has 1 aromatic heterocycles. The Kier molecular flexibility index (Phi) is 10.1. The van der Waals surface area contributed by atoms with Crippen LogP contribution in [0.1, 0.15) is 51.0 Å². The molecule has 3 saturated heterocycles. The van der Waals surface area contributed by atoms with E-state index in [-0.39, 0.29) is 12.5 Å². The van der Waals surface area contributed by atoms with Gasteiger partial charge in [0.2, 0.25) is 11.9 Å². The van der Waals surface area contributed by atoms with Crippen LogP contribution in [0.3, 0.4) is 0 Å². The molecule has 0 saturated carbocycles. The van der Waals surface area contributed by atoms with E-state index in [1.54, 1.807) is 16.1 Å². The van der Waals surface area contributed by atoms with E-state index in [0.29, 0.717) is 50.4 Å². The number of carbonyl (C=O) groups is 1. The fourth-order valence-corrected chi connectivity index (χ4v) is 5.20. The molecule has 1 aromatic carbocycles. The van der Waals surface area contributed by atoms with Crippen LogP contribution in [0.5, 0.6) is 11.5 Å². The Labute approximate surface area is 242 Å². The lowest BCUT2D eigenvalue weighted by Gasteiger charge is -2.30. The molecule has 12 heteroatoms. The van der Waals surface area contributed by atoms with E-state index >= 15 is 0 Å². The maximum atomic E-state index is 12.5. The SMILES string of the molecule is CCOc1cc(/C=N/N(C)c2nc(N3CCCCC3)nc(N3CCCCC3)n2)ccc1OCC(=O)N1CCOCC1. The normalized spacial score (nSPS) is 18.0. The summed E-state index contributed by atoms with van der Waals surface area (Å²) in [7, 11) is 1.85. The molecular weight excluding hydrogens is 524 g/mol. The van der Waals surface area contributed by atoms with Crippen molar-refractivity contribution in [1.82, 2.24) is 19.9 Å². The van der Waals surface area contributed by atoms with Crippen LogP contribution in [0.25, 0.3) is 0 Å². The quantitative estimate of drug-likeness (QED) is 0.315. The van der Waals surface area contributed by atoms with Gasteiger partial charge in [-0.1, -0.05) is 0 Å². The molecule has 5 rings (SSSR count). The smallest absolute Gasteiger partial charge is 0.260 e. The standard InChI is InChI=1S/C29H42N8O4/c1-3-40-25-20-23(10-11-24(25)41-22-26(38)35-16-18-39-19-17-35)21-30-34(2)27-31-28(36-12-6-4-7-13-36)33-29(32-27)37-14-8-5-9-15-37/h10-11,20-21H,3-9,12-19,22H2,1-2H3/b30-21+. The molecule has 41 heavy (non-hydrogen) atoms. The highest BCUT2D eigenvalue weighted by atomic mass is 16.5. The van der Waals surface area contributed by atoms with Gasteiger partial charge in [-0.15, -0.1) is 0 Å². The van der Waals surface area contributed by atoms with Gasteiger partial charge >= 0.3 is 0 Å². The largest absolute Gasteiger partial charge is 0.490 e. The summed E-state index contributed by atoms with van der Waals surface area (Å²) in [5, 5.41) is 6.34. The van der Waals surface area contributed by atoms with Crippen LogP contribution in [0.2, 0.25) is 0 Å². The Bertz CT molecular complexity index is 1140. The topological polar surface area (TPSA) is 109 Å². The number of nitrogens with zero attached hydrogens (tertiary/aromatic N) is 8. The van der Waals surface area contributed by atoms with Gasteiger partial charge < -0.3 is 28.9 Å². The third-order valence-corrected chi connectivity index (χ3v) is 7.53. The van der Waals surface area contributed by atoms with Gasteiger partial charge in [0.05, 0.1) is 26.0 Å². The molecule has 0 radical (unpaired) electrons. The minimum atomic E-state index is -0.0618. The number of hydrogen-bond donors (Lipinski definition) is 0. The van der Waals surface area contributed by atoms with E-state index in [2.05, 4.69) is 14.9 Å². The van der Waals surface area contributed by atoms with Gasteiger partial charge in [0.1, 0.15) is 0 Å². The fraction of sp³-hybridized carbons (Fsp3) is 0.621. The van der Waals surface area contributed by atoms with Crippen LogP contribution in [-0.4, -0.2) is 105 Å². The molecule has 4 heterocycles. The Morgan fingerprint density at radius 2 is 1.54 bits per heavy atom. The van der Waals surface area contributed by atoms with Gasteiger partial charge in [0.25, 0.3) is 11.9 Å². The zero-order valence-corrected chi connectivity index (χ0v) is 24.3. The minimum Gasteiger partial charge on any atom is -0.490 e. The Morgan fingerprint density at radius 1 is 0.902 bits per heavy atom. The van der Waals surface area contributed by atoms with Crippen LogP contribution in [-0.2, 0) is 9.53 Å². The molecule has 0 N–H and O–H groups in total. The van der Waals surface area contributed by atoms with Gasteiger partial charge in [-0.05, 0) is 69.2 Å². The molecule has 3 aliphatic heterocycles. The first-order chi connectivity index (χ1) is 20.1. The summed E-state index contributed by atoms with van der Waals surface area (Å²) in [4.78, 5) is 33.3. The number of piperidine rings is 2. The number of anilines is 3. The van der Waals surface area contributed by atoms with Gasteiger partial charge in [-0.25, -0.2) is 5.01 Å². The summed E-state index contributed by atoms with van der Waals surface area (Å²) in [6.45, 7) is 8.47. The van der Waals surface area contributed by atoms with Crippen molar-refractivity contribution >= 4 is 30.0 Å². The zero-order valence-electron chi connectivity index (χ0n) is 24.3. The minimum absolute atomic E-state index is 0.0473. The summed E-state index contributed by atoms with van der Waals surface area (Å²) in [5.74, 6) is 2.99. The maximum Gasteiger partial charge on any atom is 0.260 e. The zero-order chi connectivity index (χ0) is 28.4. The lowest BCUT2D eigenvalue weighted by molar-refractivity contribution is -0.137. The summed E-state index contributed by atoms with van der Waals surface area (Å²) < 4.78 is 17.0. The van der Waals surface area contributed by atoms with Crippen molar-refractivity contribution in [3.63, 3.8) is 0 Å². The lowest BCUT2D eigenvalue weighted by Crippen LogP contribution is -2.43. The van der Waals surface area contributed by atoms with Crippen molar-refractivity contribution in [2.75, 3.05) is 87.6 Å². The average molecular weight is 567 g/mol. The summed E-state index contributed by atoms with van der Waals surface area (Å²) in [6, 6.07) is 5.56. The first kappa shape index (κ1) is 28.8. The van der Waals surface area contributed by atoms with Crippen molar-refractivity contribution in [3.05, 3.63) is 23.8 Å². The Morgan fingerprint density at radius 3 is 2.15 bits per heavy atom. The summed E-state index contributed by atoms with van der Waals surface area (Å²) >= 11 is 0. The van der Waals surface area contributed by atoms with Crippen LogP contribution in [0.4, 0.5) is 17.8 Å². The Balaban J connectivity index is 1.30. The highest BCUT2D eigenvalue weighted by Crippen LogP contribution is 2.29. The number of hydrogen-bond acceptors (Lipinski definition) is 11. The number of morpholine rings is 1. The molecule has 222 valence electrons. The highest BCUT2D eigenvalue weighted by molar-refractivity contribution is 5.82. The van der Waals surface area contributed by atoms with Gasteiger partial charge in [0, 0.05) is 46.3 Å². The number of carbonyl (C=O) groups excluding carboxylic acids is 1. The van der Waals surface area contributed by atoms with Crippen molar-refractivity contribution < 1.29 is 19.0 Å². The first-order valence-corrected chi connectivity index (χ1v) is 14.9. The molecule has 0 atom stereocenters. The first-order valence-electron chi connectivity index (χ1n) is 14.9. The second-order valence-corrected chi connectivity index (χ2v) is 10.5. The number of aromatic nitrogens is 3.